The van der Waals surface area contributed by atoms with Gasteiger partial charge in [0.25, 0.3) is 6.43 Å². The minimum atomic E-state index is -2.61. The second-order valence-corrected chi connectivity index (χ2v) is 3.83. The molecular formula is C12H12F2O2. The van der Waals surface area contributed by atoms with Crippen LogP contribution in [0.4, 0.5) is 8.78 Å². The third-order valence-electron chi connectivity index (χ3n) is 2.67. The summed E-state index contributed by atoms with van der Waals surface area (Å²) in [5.41, 5.74) is 2.73. The lowest BCUT2D eigenvalue weighted by molar-refractivity contribution is 0.0160. The number of aryl methyl sites for hydroxylation is 2. The molecule has 0 saturated heterocycles. The van der Waals surface area contributed by atoms with Crippen LogP contribution in [0.25, 0.3) is 0 Å². The Balaban J connectivity index is 2.06. The van der Waals surface area contributed by atoms with E-state index in [0.717, 1.165) is 24.8 Å². The summed E-state index contributed by atoms with van der Waals surface area (Å²) in [6.07, 6.45) is 0.455. The normalized spacial score (nSPS) is 13.9. The molecule has 4 heteroatoms. The smallest absolute Gasteiger partial charge is 0.338 e. The Kier molecular flexibility index (Phi) is 3.17. The van der Waals surface area contributed by atoms with E-state index in [2.05, 4.69) is 4.74 Å². The molecule has 0 heterocycles. The van der Waals surface area contributed by atoms with Crippen LogP contribution in [0.3, 0.4) is 0 Å². The van der Waals surface area contributed by atoms with Crippen LogP contribution >= 0.6 is 0 Å². The highest BCUT2D eigenvalue weighted by molar-refractivity contribution is 5.89. The molecule has 0 radical (unpaired) electrons. The zero-order valence-corrected chi connectivity index (χ0v) is 8.71. The van der Waals surface area contributed by atoms with Gasteiger partial charge in [-0.2, -0.15) is 0 Å². The molecule has 16 heavy (non-hydrogen) atoms. The van der Waals surface area contributed by atoms with Crippen molar-refractivity contribution < 1.29 is 18.3 Å². The summed E-state index contributed by atoms with van der Waals surface area (Å²) in [4.78, 5) is 11.4. The summed E-state index contributed by atoms with van der Waals surface area (Å²) in [6, 6.07) is 5.26. The number of halogens is 2. The van der Waals surface area contributed by atoms with Gasteiger partial charge in [-0.1, -0.05) is 6.07 Å². The predicted molar refractivity (Wildman–Crippen MR) is 54.8 cm³/mol. The van der Waals surface area contributed by atoms with Crippen molar-refractivity contribution in [1.82, 2.24) is 0 Å². The molecule has 0 fully saturated rings. The van der Waals surface area contributed by atoms with Gasteiger partial charge in [0.05, 0.1) is 5.56 Å². The van der Waals surface area contributed by atoms with Crippen molar-refractivity contribution in [3.63, 3.8) is 0 Å². The number of alkyl halides is 2. The minimum absolute atomic E-state index is 0.362. The maximum absolute atomic E-state index is 11.9. The Morgan fingerprint density at radius 2 is 2.06 bits per heavy atom. The van der Waals surface area contributed by atoms with Crippen molar-refractivity contribution >= 4 is 5.97 Å². The van der Waals surface area contributed by atoms with E-state index < -0.39 is 19.0 Å². The molecule has 1 aromatic rings. The van der Waals surface area contributed by atoms with Crippen LogP contribution in [-0.2, 0) is 17.6 Å². The summed E-state index contributed by atoms with van der Waals surface area (Å²) < 4.78 is 28.2. The number of benzene rings is 1. The van der Waals surface area contributed by atoms with E-state index in [9.17, 15) is 13.6 Å². The maximum Gasteiger partial charge on any atom is 0.338 e. The molecule has 0 aliphatic heterocycles. The van der Waals surface area contributed by atoms with E-state index in [1.54, 1.807) is 12.1 Å². The van der Waals surface area contributed by atoms with Crippen molar-refractivity contribution in [3.05, 3.63) is 34.9 Å². The molecule has 0 spiro atoms. The second kappa shape index (κ2) is 4.60. The molecule has 0 amide bonds. The van der Waals surface area contributed by atoms with E-state index in [4.69, 9.17) is 0 Å². The third-order valence-corrected chi connectivity index (χ3v) is 2.67. The number of esters is 1. The monoisotopic (exact) mass is 226 g/mol. The summed E-state index contributed by atoms with van der Waals surface area (Å²) in [6.45, 7) is -0.837. The standard InChI is InChI=1S/C12H12F2O2/c13-11(14)7-16-12(15)10-5-4-8-2-1-3-9(8)6-10/h4-6,11H,1-3,7H2. The van der Waals surface area contributed by atoms with Gasteiger partial charge in [0, 0.05) is 0 Å². The number of rotatable bonds is 3. The Morgan fingerprint density at radius 1 is 1.31 bits per heavy atom. The highest BCUT2D eigenvalue weighted by atomic mass is 19.3. The SMILES string of the molecule is O=C(OCC(F)F)c1ccc2c(c1)CCC2. The topological polar surface area (TPSA) is 26.3 Å². The van der Waals surface area contributed by atoms with Gasteiger partial charge >= 0.3 is 5.97 Å². The average Bonchev–Trinajstić information content (AvgIpc) is 2.72. The first kappa shape index (κ1) is 11.0. The van der Waals surface area contributed by atoms with Gasteiger partial charge in [0.15, 0.2) is 6.61 Å². The van der Waals surface area contributed by atoms with Gasteiger partial charge in [-0.25, -0.2) is 13.6 Å². The Labute approximate surface area is 92.2 Å². The highest BCUT2D eigenvalue weighted by Crippen LogP contribution is 2.23. The molecule has 0 bridgehead atoms. The summed E-state index contributed by atoms with van der Waals surface area (Å²) >= 11 is 0. The molecule has 0 saturated carbocycles. The van der Waals surface area contributed by atoms with E-state index in [0.29, 0.717) is 5.56 Å². The van der Waals surface area contributed by atoms with Gasteiger partial charge < -0.3 is 4.74 Å². The Bertz CT molecular complexity index is 402. The van der Waals surface area contributed by atoms with Gasteiger partial charge in [0.2, 0.25) is 0 Å². The van der Waals surface area contributed by atoms with E-state index in [-0.39, 0.29) is 0 Å². The molecular weight excluding hydrogens is 214 g/mol. The number of hydrogen-bond donors (Lipinski definition) is 0. The molecule has 0 aromatic heterocycles. The average molecular weight is 226 g/mol. The molecule has 2 nitrogen and oxygen atoms in total. The van der Waals surface area contributed by atoms with Crippen LogP contribution in [0, 0.1) is 0 Å². The van der Waals surface area contributed by atoms with Crippen molar-refractivity contribution in [2.45, 2.75) is 25.7 Å². The van der Waals surface area contributed by atoms with Gasteiger partial charge in [-0.05, 0) is 42.5 Å². The zero-order chi connectivity index (χ0) is 11.5. The van der Waals surface area contributed by atoms with Crippen molar-refractivity contribution in [1.29, 1.82) is 0 Å². The van der Waals surface area contributed by atoms with Crippen LogP contribution in [0.5, 0.6) is 0 Å². The lowest BCUT2D eigenvalue weighted by Gasteiger charge is -2.05. The quantitative estimate of drug-likeness (QED) is 0.740. The maximum atomic E-state index is 11.9. The first-order valence-corrected chi connectivity index (χ1v) is 5.24. The van der Waals surface area contributed by atoms with Crippen LogP contribution in [-0.4, -0.2) is 19.0 Å². The first-order chi connectivity index (χ1) is 7.66. The fourth-order valence-electron chi connectivity index (χ4n) is 1.92. The fraction of sp³-hybridized carbons (Fsp3) is 0.417. The van der Waals surface area contributed by atoms with Crippen LogP contribution in [0.2, 0.25) is 0 Å². The number of hydrogen-bond acceptors (Lipinski definition) is 2. The minimum Gasteiger partial charge on any atom is -0.456 e. The lowest BCUT2D eigenvalue weighted by Crippen LogP contribution is -2.11. The van der Waals surface area contributed by atoms with Crippen molar-refractivity contribution in [2.24, 2.45) is 0 Å². The molecule has 1 aromatic carbocycles. The van der Waals surface area contributed by atoms with E-state index >= 15 is 0 Å². The van der Waals surface area contributed by atoms with Gasteiger partial charge in [-0.3, -0.25) is 0 Å². The zero-order valence-electron chi connectivity index (χ0n) is 8.71. The third kappa shape index (κ3) is 2.38. The van der Waals surface area contributed by atoms with Gasteiger partial charge in [0.1, 0.15) is 0 Å². The molecule has 86 valence electrons. The number of fused-ring (bicyclic) bond motifs is 1. The molecule has 1 aliphatic carbocycles. The fourth-order valence-corrected chi connectivity index (χ4v) is 1.92. The summed E-state index contributed by atoms with van der Waals surface area (Å²) in [5, 5.41) is 0. The molecule has 0 atom stereocenters. The van der Waals surface area contributed by atoms with Crippen LogP contribution < -0.4 is 0 Å². The number of ether oxygens (including phenoxy) is 1. The highest BCUT2D eigenvalue weighted by Gasteiger charge is 2.15. The first-order valence-electron chi connectivity index (χ1n) is 5.24. The Morgan fingerprint density at radius 3 is 2.81 bits per heavy atom. The number of carbonyl (C=O) groups is 1. The number of carbonyl (C=O) groups excluding carboxylic acids is 1. The predicted octanol–water partition coefficient (Wildman–Crippen LogP) is 2.60. The molecule has 0 N–H and O–H groups in total. The lowest BCUT2D eigenvalue weighted by atomic mass is 10.1. The molecule has 2 rings (SSSR count). The molecule has 0 unspecified atom stereocenters. The van der Waals surface area contributed by atoms with Gasteiger partial charge in [-0.15, -0.1) is 0 Å². The van der Waals surface area contributed by atoms with E-state index in [1.807, 2.05) is 6.07 Å². The van der Waals surface area contributed by atoms with Crippen molar-refractivity contribution in [2.75, 3.05) is 6.61 Å². The van der Waals surface area contributed by atoms with E-state index in [1.165, 1.54) is 5.56 Å². The summed E-state index contributed by atoms with van der Waals surface area (Å²) in [5.74, 6) is -0.671. The van der Waals surface area contributed by atoms with Crippen molar-refractivity contribution in [3.8, 4) is 0 Å². The second-order valence-electron chi connectivity index (χ2n) is 3.83. The van der Waals surface area contributed by atoms with Crippen LogP contribution in [0.1, 0.15) is 27.9 Å². The largest absolute Gasteiger partial charge is 0.456 e. The molecule has 1 aliphatic rings. The van der Waals surface area contributed by atoms with Crippen LogP contribution in [0.15, 0.2) is 18.2 Å². The Hall–Kier alpha value is -1.45. The summed E-state index contributed by atoms with van der Waals surface area (Å²) in [7, 11) is 0.